The smallest absolute Gasteiger partial charge is 0.0587 e. The Kier molecular flexibility index (Phi) is 7.59. The van der Waals surface area contributed by atoms with Crippen molar-refractivity contribution >= 4 is 0 Å². The lowest BCUT2D eigenvalue weighted by Gasteiger charge is -2.02. The number of aromatic nitrogens is 1. The average molecular weight is 202 g/mol. The van der Waals surface area contributed by atoms with Gasteiger partial charge in [-0.15, -0.1) is 0 Å². The fraction of sp³-hybridized carbons (Fsp3) is 0.444. The van der Waals surface area contributed by atoms with Gasteiger partial charge in [0.2, 0.25) is 0 Å². The Morgan fingerprint density at radius 3 is 2.69 bits per heavy atom. The molecule has 0 atom stereocenters. The maximum atomic E-state index is 4.90. The molecule has 0 saturated carbocycles. The standard InChI is InChI=1S/C9H14N2O.ClH/c1-12-7-6-11-8-9-2-4-10-5-3-9;/h2-5,11H,6-8H2,1H3;1H/p-1. The molecule has 74 valence electrons. The SMILES string of the molecule is COCCNCc1ccncc1.[Cl-]. The molecule has 1 N–H and O–H groups in total. The van der Waals surface area contributed by atoms with Crippen molar-refractivity contribution in [3.63, 3.8) is 0 Å². The molecule has 0 amide bonds. The zero-order valence-corrected chi connectivity index (χ0v) is 8.42. The summed E-state index contributed by atoms with van der Waals surface area (Å²) in [7, 11) is 1.70. The molecule has 13 heavy (non-hydrogen) atoms. The van der Waals surface area contributed by atoms with Gasteiger partial charge in [0.25, 0.3) is 0 Å². The van der Waals surface area contributed by atoms with Gasteiger partial charge in [0.1, 0.15) is 0 Å². The zero-order valence-electron chi connectivity index (χ0n) is 7.66. The lowest BCUT2D eigenvalue weighted by molar-refractivity contribution is -0.00000295. The van der Waals surface area contributed by atoms with Gasteiger partial charge in [-0.2, -0.15) is 0 Å². The molecule has 0 aromatic carbocycles. The number of hydrogen-bond donors (Lipinski definition) is 1. The molecule has 1 rings (SSSR count). The van der Waals surface area contributed by atoms with E-state index in [1.165, 1.54) is 5.56 Å². The highest BCUT2D eigenvalue weighted by molar-refractivity contribution is 5.08. The van der Waals surface area contributed by atoms with Crippen LogP contribution in [0.3, 0.4) is 0 Å². The minimum atomic E-state index is 0. The topological polar surface area (TPSA) is 34.1 Å². The molecule has 0 spiro atoms. The van der Waals surface area contributed by atoms with Gasteiger partial charge < -0.3 is 22.5 Å². The molecule has 0 aliphatic rings. The van der Waals surface area contributed by atoms with Crippen LogP contribution in [0.5, 0.6) is 0 Å². The highest BCUT2D eigenvalue weighted by atomic mass is 35.5. The molecule has 0 unspecified atom stereocenters. The number of nitrogens with zero attached hydrogens (tertiary/aromatic N) is 1. The summed E-state index contributed by atoms with van der Waals surface area (Å²) < 4.78 is 4.90. The maximum Gasteiger partial charge on any atom is 0.0587 e. The Hall–Kier alpha value is -0.640. The van der Waals surface area contributed by atoms with Gasteiger partial charge in [-0.05, 0) is 17.7 Å². The summed E-state index contributed by atoms with van der Waals surface area (Å²) in [6.45, 7) is 2.52. The second kappa shape index (κ2) is 7.98. The molecule has 1 heterocycles. The highest BCUT2D eigenvalue weighted by Crippen LogP contribution is 1.93. The van der Waals surface area contributed by atoms with Crippen molar-refractivity contribution in [2.75, 3.05) is 20.3 Å². The van der Waals surface area contributed by atoms with E-state index in [4.69, 9.17) is 4.74 Å². The summed E-state index contributed by atoms with van der Waals surface area (Å²) >= 11 is 0. The first-order valence-corrected chi connectivity index (χ1v) is 4.02. The van der Waals surface area contributed by atoms with E-state index in [0.717, 1.165) is 19.7 Å². The van der Waals surface area contributed by atoms with Crippen LogP contribution in [0.15, 0.2) is 24.5 Å². The van der Waals surface area contributed by atoms with Crippen LogP contribution in [-0.2, 0) is 11.3 Å². The van der Waals surface area contributed by atoms with Gasteiger partial charge in [-0.25, -0.2) is 0 Å². The minimum absolute atomic E-state index is 0. The predicted molar refractivity (Wildman–Crippen MR) is 47.8 cm³/mol. The van der Waals surface area contributed by atoms with Crippen molar-refractivity contribution in [2.45, 2.75) is 6.54 Å². The second-order valence-electron chi connectivity index (χ2n) is 2.53. The van der Waals surface area contributed by atoms with Gasteiger partial charge in [0.05, 0.1) is 6.61 Å². The van der Waals surface area contributed by atoms with Gasteiger partial charge in [0, 0.05) is 32.6 Å². The molecule has 0 fully saturated rings. The summed E-state index contributed by atoms with van der Waals surface area (Å²) in [6, 6.07) is 4.00. The summed E-state index contributed by atoms with van der Waals surface area (Å²) in [5.41, 5.74) is 1.25. The molecule has 0 aliphatic carbocycles. The first kappa shape index (κ1) is 12.4. The Bertz CT molecular complexity index is 206. The second-order valence-corrected chi connectivity index (χ2v) is 2.53. The van der Waals surface area contributed by atoms with E-state index in [1.807, 2.05) is 12.1 Å². The van der Waals surface area contributed by atoms with Crippen molar-refractivity contribution in [1.82, 2.24) is 10.3 Å². The fourth-order valence-electron chi connectivity index (χ4n) is 0.908. The quantitative estimate of drug-likeness (QED) is 0.551. The molecule has 1 aromatic rings. The maximum absolute atomic E-state index is 4.90. The van der Waals surface area contributed by atoms with Gasteiger partial charge in [-0.3, -0.25) is 4.98 Å². The lowest BCUT2D eigenvalue weighted by Crippen LogP contribution is -3.00. The predicted octanol–water partition coefficient (Wildman–Crippen LogP) is -2.18. The molecule has 0 saturated heterocycles. The number of pyridine rings is 1. The van der Waals surface area contributed by atoms with Crippen molar-refractivity contribution in [2.24, 2.45) is 0 Å². The van der Waals surface area contributed by atoms with Crippen LogP contribution >= 0.6 is 0 Å². The lowest BCUT2D eigenvalue weighted by atomic mass is 10.3. The van der Waals surface area contributed by atoms with E-state index in [-0.39, 0.29) is 12.4 Å². The highest BCUT2D eigenvalue weighted by Gasteiger charge is 1.89. The average Bonchev–Trinajstić information content (AvgIpc) is 2.14. The summed E-state index contributed by atoms with van der Waals surface area (Å²) in [6.07, 6.45) is 3.60. The molecular formula is C9H14ClN2O-. The first-order chi connectivity index (χ1) is 5.93. The van der Waals surface area contributed by atoms with Crippen LogP contribution in [0.4, 0.5) is 0 Å². The molecular weight excluding hydrogens is 188 g/mol. The van der Waals surface area contributed by atoms with Crippen molar-refractivity contribution in [3.8, 4) is 0 Å². The number of methoxy groups -OCH3 is 1. The van der Waals surface area contributed by atoms with Crippen LogP contribution < -0.4 is 17.7 Å². The van der Waals surface area contributed by atoms with Crippen LogP contribution in [-0.4, -0.2) is 25.2 Å². The Morgan fingerprint density at radius 1 is 1.38 bits per heavy atom. The molecule has 4 heteroatoms. The van der Waals surface area contributed by atoms with E-state index in [0.29, 0.717) is 0 Å². The third kappa shape index (κ3) is 5.58. The minimum Gasteiger partial charge on any atom is -1.00 e. The Morgan fingerprint density at radius 2 is 2.08 bits per heavy atom. The fourth-order valence-corrected chi connectivity index (χ4v) is 0.908. The largest absolute Gasteiger partial charge is 1.00 e. The van der Waals surface area contributed by atoms with Crippen LogP contribution in [0.1, 0.15) is 5.56 Å². The molecule has 3 nitrogen and oxygen atoms in total. The summed E-state index contributed by atoms with van der Waals surface area (Å²) in [4.78, 5) is 3.94. The molecule has 0 bridgehead atoms. The summed E-state index contributed by atoms with van der Waals surface area (Å²) in [5, 5.41) is 3.25. The normalized spacial score (nSPS) is 9.31. The van der Waals surface area contributed by atoms with Gasteiger partial charge >= 0.3 is 0 Å². The third-order valence-corrected chi connectivity index (χ3v) is 1.56. The van der Waals surface area contributed by atoms with Crippen LogP contribution in [0, 0.1) is 0 Å². The van der Waals surface area contributed by atoms with E-state index in [1.54, 1.807) is 19.5 Å². The molecule has 1 aromatic heterocycles. The number of halogens is 1. The number of nitrogens with one attached hydrogen (secondary N) is 1. The van der Waals surface area contributed by atoms with E-state index in [2.05, 4.69) is 10.3 Å². The van der Waals surface area contributed by atoms with Crippen molar-refractivity contribution in [3.05, 3.63) is 30.1 Å². The summed E-state index contributed by atoms with van der Waals surface area (Å²) in [5.74, 6) is 0. The van der Waals surface area contributed by atoms with Crippen molar-refractivity contribution < 1.29 is 17.1 Å². The monoisotopic (exact) mass is 201 g/mol. The molecule has 0 aliphatic heterocycles. The zero-order chi connectivity index (χ0) is 8.65. The van der Waals surface area contributed by atoms with Crippen LogP contribution in [0.2, 0.25) is 0 Å². The van der Waals surface area contributed by atoms with E-state index < -0.39 is 0 Å². The number of ether oxygens (including phenoxy) is 1. The van der Waals surface area contributed by atoms with E-state index in [9.17, 15) is 0 Å². The van der Waals surface area contributed by atoms with Gasteiger partial charge in [0.15, 0.2) is 0 Å². The first-order valence-electron chi connectivity index (χ1n) is 4.02. The van der Waals surface area contributed by atoms with Crippen molar-refractivity contribution in [1.29, 1.82) is 0 Å². The number of rotatable bonds is 5. The third-order valence-electron chi connectivity index (χ3n) is 1.56. The van der Waals surface area contributed by atoms with E-state index >= 15 is 0 Å². The Balaban J connectivity index is 0.00000144. The number of hydrogen-bond acceptors (Lipinski definition) is 3. The van der Waals surface area contributed by atoms with Crippen LogP contribution in [0.25, 0.3) is 0 Å². The van der Waals surface area contributed by atoms with Gasteiger partial charge in [-0.1, -0.05) is 0 Å². The molecule has 0 radical (unpaired) electrons. The Labute approximate surface area is 84.9 Å².